The Morgan fingerprint density at radius 3 is 2.86 bits per heavy atom. The van der Waals surface area contributed by atoms with E-state index in [1.807, 2.05) is 5.32 Å². The van der Waals surface area contributed by atoms with Gasteiger partial charge in [0.1, 0.15) is 6.54 Å². The first-order chi connectivity index (χ1) is 3.29. The molecule has 1 atom stereocenters. The molecule has 3 N–H and O–H groups in total. The molecule has 0 aromatic rings. The highest BCUT2D eigenvalue weighted by molar-refractivity contribution is 7.79. The van der Waals surface area contributed by atoms with Gasteiger partial charge in [-0.3, -0.25) is 5.32 Å². The van der Waals surface area contributed by atoms with Crippen LogP contribution < -0.4 is 10.6 Å². The van der Waals surface area contributed by atoms with Crippen molar-refractivity contribution in [2.45, 2.75) is 13.0 Å². The molecule has 7 heavy (non-hydrogen) atoms. The zero-order chi connectivity index (χ0) is 5.28. The van der Waals surface area contributed by atoms with Crippen LogP contribution in [0, 0.1) is 0 Å². The summed E-state index contributed by atoms with van der Waals surface area (Å²) in [4.78, 5) is 0. The van der Waals surface area contributed by atoms with Crippen LogP contribution in [-0.2, 0) is 0 Å². The highest BCUT2D eigenvalue weighted by atomic mass is 32.1. The number of quaternary nitrogens is 1. The molecular formula is C4H9N2S+. The van der Waals surface area contributed by atoms with Crippen molar-refractivity contribution in [1.29, 1.82) is 0 Å². The minimum Gasteiger partial charge on any atom is -0.323 e. The Morgan fingerprint density at radius 2 is 2.71 bits per heavy atom. The van der Waals surface area contributed by atoms with Gasteiger partial charge < -0.3 is 5.32 Å². The van der Waals surface area contributed by atoms with Gasteiger partial charge in [-0.15, -0.1) is 0 Å². The van der Waals surface area contributed by atoms with Crippen molar-refractivity contribution in [3.8, 4) is 0 Å². The third-order valence-corrected chi connectivity index (χ3v) is 1.33. The van der Waals surface area contributed by atoms with Gasteiger partial charge in [0.2, 0.25) is 0 Å². The Morgan fingerprint density at radius 1 is 2.00 bits per heavy atom. The van der Waals surface area contributed by atoms with Gasteiger partial charge in [0, 0.05) is 12.2 Å². The Bertz CT molecular complexity index is 91.7. The van der Waals surface area contributed by atoms with E-state index in [4.69, 9.17) is 12.2 Å². The summed E-state index contributed by atoms with van der Waals surface area (Å²) in [6, 6.07) is 0.576. The molecule has 2 nitrogen and oxygen atoms in total. The zero-order valence-electron chi connectivity index (χ0n) is 4.27. The normalized spacial score (nSPS) is 30.4. The summed E-state index contributed by atoms with van der Waals surface area (Å²) < 4.78 is 0. The van der Waals surface area contributed by atoms with Crippen LogP contribution in [0.5, 0.6) is 0 Å². The average Bonchev–Trinajstić information content (AvgIpc) is 1.87. The van der Waals surface area contributed by atoms with Crippen LogP contribution in [-0.4, -0.2) is 17.7 Å². The van der Waals surface area contributed by atoms with Gasteiger partial charge in [-0.1, -0.05) is 0 Å². The van der Waals surface area contributed by atoms with E-state index in [0.29, 0.717) is 6.04 Å². The Kier molecular flexibility index (Phi) is 1.25. The molecule has 0 aliphatic carbocycles. The third kappa shape index (κ3) is 1.11. The highest BCUT2D eigenvalue weighted by Gasteiger charge is 2.15. The third-order valence-electron chi connectivity index (χ3n) is 1.05. The van der Waals surface area contributed by atoms with Crippen LogP contribution in [0.2, 0.25) is 0 Å². The summed E-state index contributed by atoms with van der Waals surface area (Å²) in [5.41, 5.74) is 0. The fourth-order valence-electron chi connectivity index (χ4n) is 0.645. The van der Waals surface area contributed by atoms with Crippen molar-refractivity contribution >= 4 is 17.3 Å². The second kappa shape index (κ2) is 1.76. The van der Waals surface area contributed by atoms with Crippen molar-refractivity contribution in [2.75, 3.05) is 6.54 Å². The maximum absolute atomic E-state index is 4.83. The van der Waals surface area contributed by atoms with Crippen LogP contribution in [0.3, 0.4) is 0 Å². The minimum absolute atomic E-state index is 0.576. The van der Waals surface area contributed by atoms with Crippen LogP contribution in [0.25, 0.3) is 0 Å². The molecule has 3 heteroatoms. The minimum atomic E-state index is 0.576. The van der Waals surface area contributed by atoms with Crippen molar-refractivity contribution in [2.24, 2.45) is 0 Å². The van der Waals surface area contributed by atoms with Gasteiger partial charge in [0.25, 0.3) is 5.11 Å². The highest BCUT2D eigenvalue weighted by Crippen LogP contribution is 1.77. The molecule has 1 heterocycles. The van der Waals surface area contributed by atoms with Crippen molar-refractivity contribution in [3.63, 3.8) is 0 Å². The van der Waals surface area contributed by atoms with E-state index in [1.54, 1.807) is 0 Å². The van der Waals surface area contributed by atoms with Gasteiger partial charge in [-0.05, 0) is 6.92 Å². The quantitative estimate of drug-likeness (QED) is 0.391. The van der Waals surface area contributed by atoms with E-state index in [1.165, 1.54) is 0 Å². The number of nitrogens with one attached hydrogen (secondary N) is 1. The summed E-state index contributed by atoms with van der Waals surface area (Å²) in [5.74, 6) is 0. The van der Waals surface area contributed by atoms with E-state index in [0.717, 1.165) is 11.7 Å². The zero-order valence-corrected chi connectivity index (χ0v) is 5.09. The van der Waals surface area contributed by atoms with E-state index in [9.17, 15) is 0 Å². The maximum Gasteiger partial charge on any atom is 0.267 e. The lowest BCUT2D eigenvalue weighted by atomic mass is 10.4. The maximum atomic E-state index is 4.83. The lowest BCUT2D eigenvalue weighted by Gasteiger charge is -1.90. The summed E-state index contributed by atoms with van der Waals surface area (Å²) in [7, 11) is 0. The second-order valence-electron chi connectivity index (χ2n) is 1.85. The molecule has 0 aromatic carbocycles. The first kappa shape index (κ1) is 5.00. The first-order valence-electron chi connectivity index (χ1n) is 2.43. The summed E-state index contributed by atoms with van der Waals surface area (Å²) in [6.07, 6.45) is 0. The predicted octanol–water partition coefficient (Wildman–Crippen LogP) is -1.17. The fourth-order valence-corrected chi connectivity index (χ4v) is 0.942. The molecule has 0 amide bonds. The van der Waals surface area contributed by atoms with Gasteiger partial charge in [-0.25, -0.2) is 0 Å². The molecule has 0 radical (unpaired) electrons. The van der Waals surface area contributed by atoms with Crippen LogP contribution in [0.4, 0.5) is 0 Å². The Labute approximate surface area is 48.3 Å². The van der Waals surface area contributed by atoms with Crippen LogP contribution >= 0.6 is 12.2 Å². The molecule has 0 bridgehead atoms. The number of nitrogens with two attached hydrogens (primary N) is 1. The smallest absolute Gasteiger partial charge is 0.267 e. The Hall–Kier alpha value is -0.150. The van der Waals surface area contributed by atoms with Gasteiger partial charge in [-0.2, -0.15) is 0 Å². The summed E-state index contributed by atoms with van der Waals surface area (Å²) in [5, 5.41) is 6.04. The number of hydrogen-bond acceptors (Lipinski definition) is 1. The fraction of sp³-hybridized carbons (Fsp3) is 0.750. The van der Waals surface area contributed by atoms with E-state index in [2.05, 4.69) is 12.2 Å². The van der Waals surface area contributed by atoms with Gasteiger partial charge in [0.05, 0.1) is 6.04 Å². The number of rotatable bonds is 0. The van der Waals surface area contributed by atoms with Gasteiger partial charge >= 0.3 is 0 Å². The Balaban J connectivity index is 2.40. The molecule has 0 aromatic heterocycles. The second-order valence-corrected chi connectivity index (χ2v) is 2.29. The largest absolute Gasteiger partial charge is 0.323 e. The predicted molar refractivity (Wildman–Crippen MR) is 32.0 cm³/mol. The molecule has 1 aliphatic rings. The number of hydrogen-bond donors (Lipinski definition) is 2. The van der Waals surface area contributed by atoms with E-state index in [-0.39, 0.29) is 0 Å². The molecule has 1 aliphatic heterocycles. The first-order valence-corrected chi connectivity index (χ1v) is 2.83. The average molecular weight is 117 g/mol. The molecule has 1 fully saturated rings. The van der Waals surface area contributed by atoms with Crippen LogP contribution in [0.15, 0.2) is 0 Å². The lowest BCUT2D eigenvalue weighted by molar-refractivity contribution is -0.525. The topological polar surface area (TPSA) is 28.6 Å². The molecule has 40 valence electrons. The standard InChI is InChI=1S/C4H8N2S/c1-3-2-5-4(7)6-3/h3H,2H2,1H3,(H2,5,6,7)/p+1. The molecule has 1 unspecified atom stereocenters. The molecular weight excluding hydrogens is 108 g/mol. The van der Waals surface area contributed by atoms with Crippen LogP contribution in [0.1, 0.15) is 6.92 Å². The number of thiocarbonyl (C=S) groups is 1. The van der Waals surface area contributed by atoms with E-state index < -0.39 is 0 Å². The molecule has 1 saturated heterocycles. The van der Waals surface area contributed by atoms with Crippen molar-refractivity contribution < 1.29 is 5.32 Å². The molecule has 1 rings (SSSR count). The summed E-state index contributed by atoms with van der Waals surface area (Å²) >= 11 is 4.83. The molecule has 0 saturated carbocycles. The summed E-state index contributed by atoms with van der Waals surface area (Å²) in [6.45, 7) is 3.22. The van der Waals surface area contributed by atoms with Crippen molar-refractivity contribution in [3.05, 3.63) is 0 Å². The van der Waals surface area contributed by atoms with Crippen molar-refractivity contribution in [1.82, 2.24) is 5.32 Å². The molecule has 0 spiro atoms. The lowest BCUT2D eigenvalue weighted by Crippen LogP contribution is -2.85. The SMILES string of the molecule is CC1C[NH2+]C(=S)N1. The van der Waals surface area contributed by atoms with E-state index >= 15 is 0 Å². The van der Waals surface area contributed by atoms with Gasteiger partial charge in [0.15, 0.2) is 0 Å². The monoisotopic (exact) mass is 117 g/mol.